The highest BCUT2D eigenvalue weighted by molar-refractivity contribution is 5.74. The lowest BCUT2D eigenvalue weighted by atomic mass is 9.98. The van der Waals surface area contributed by atoms with Gasteiger partial charge in [0.15, 0.2) is 0 Å². The van der Waals surface area contributed by atoms with E-state index in [1.165, 1.54) is 0 Å². The van der Waals surface area contributed by atoms with Gasteiger partial charge in [0.05, 0.1) is 24.9 Å². The summed E-state index contributed by atoms with van der Waals surface area (Å²) in [6.07, 6.45) is 7.00. The largest absolute Gasteiger partial charge is 0.374 e. The second kappa shape index (κ2) is 8.67. The van der Waals surface area contributed by atoms with Gasteiger partial charge in [-0.2, -0.15) is 5.10 Å². The smallest absolute Gasteiger partial charge is 0.318 e. The van der Waals surface area contributed by atoms with Crippen LogP contribution in [0.1, 0.15) is 44.7 Å². The molecule has 3 heterocycles. The SMILES string of the molecule is CC(C)CN1CCO[C@@H](CNC(=O)N2CCCC[C@@H]2c2cn[nH]c2)C1. The highest BCUT2D eigenvalue weighted by Gasteiger charge is 2.29. The topological polar surface area (TPSA) is 73.5 Å². The Labute approximate surface area is 150 Å². The van der Waals surface area contributed by atoms with Crippen LogP contribution < -0.4 is 5.32 Å². The molecule has 1 aromatic heterocycles. The van der Waals surface area contributed by atoms with Crippen molar-refractivity contribution in [1.29, 1.82) is 0 Å². The van der Waals surface area contributed by atoms with Crippen molar-refractivity contribution < 1.29 is 9.53 Å². The predicted molar refractivity (Wildman–Crippen MR) is 96.3 cm³/mol. The van der Waals surface area contributed by atoms with Gasteiger partial charge in [-0.15, -0.1) is 0 Å². The molecule has 0 bridgehead atoms. The summed E-state index contributed by atoms with van der Waals surface area (Å²) >= 11 is 0. The van der Waals surface area contributed by atoms with E-state index in [1.807, 2.05) is 17.3 Å². The van der Waals surface area contributed by atoms with Gasteiger partial charge < -0.3 is 15.0 Å². The molecule has 2 saturated heterocycles. The highest BCUT2D eigenvalue weighted by atomic mass is 16.5. The molecule has 2 aliphatic heterocycles. The van der Waals surface area contributed by atoms with Crippen LogP contribution in [0.25, 0.3) is 0 Å². The Morgan fingerprint density at radius 2 is 2.32 bits per heavy atom. The van der Waals surface area contributed by atoms with E-state index in [9.17, 15) is 4.79 Å². The summed E-state index contributed by atoms with van der Waals surface area (Å²) < 4.78 is 5.84. The first-order chi connectivity index (χ1) is 12.1. The fourth-order valence-corrected chi connectivity index (χ4v) is 3.85. The van der Waals surface area contributed by atoms with Crippen LogP contribution in [-0.2, 0) is 4.74 Å². The third kappa shape index (κ3) is 4.95. The molecular weight excluding hydrogens is 318 g/mol. The van der Waals surface area contributed by atoms with Gasteiger partial charge in [-0.05, 0) is 25.2 Å². The van der Waals surface area contributed by atoms with Crippen LogP contribution in [0.15, 0.2) is 12.4 Å². The minimum absolute atomic E-state index is 0.00971. The number of H-pyrrole nitrogens is 1. The van der Waals surface area contributed by atoms with Gasteiger partial charge in [0.25, 0.3) is 0 Å². The molecule has 0 spiro atoms. The third-order valence-electron chi connectivity index (χ3n) is 5.00. The molecule has 140 valence electrons. The summed E-state index contributed by atoms with van der Waals surface area (Å²) in [4.78, 5) is 17.1. The van der Waals surface area contributed by atoms with E-state index >= 15 is 0 Å². The average Bonchev–Trinajstić information content (AvgIpc) is 3.14. The van der Waals surface area contributed by atoms with Gasteiger partial charge in [-0.3, -0.25) is 10.00 Å². The van der Waals surface area contributed by atoms with E-state index in [1.54, 1.807) is 0 Å². The second-order valence-electron chi connectivity index (χ2n) is 7.57. The summed E-state index contributed by atoms with van der Waals surface area (Å²) in [6.45, 7) is 9.55. The summed E-state index contributed by atoms with van der Waals surface area (Å²) in [7, 11) is 0. The second-order valence-corrected chi connectivity index (χ2v) is 7.57. The maximum atomic E-state index is 12.7. The molecule has 2 amide bonds. The zero-order valence-electron chi connectivity index (χ0n) is 15.4. The number of ether oxygens (including phenoxy) is 1. The van der Waals surface area contributed by atoms with Gasteiger partial charge in [-0.1, -0.05) is 13.8 Å². The van der Waals surface area contributed by atoms with Crippen LogP contribution in [0, 0.1) is 5.92 Å². The van der Waals surface area contributed by atoms with Crippen LogP contribution >= 0.6 is 0 Å². The van der Waals surface area contributed by atoms with Crippen LogP contribution in [0.5, 0.6) is 0 Å². The quantitative estimate of drug-likeness (QED) is 0.853. The van der Waals surface area contributed by atoms with Gasteiger partial charge >= 0.3 is 6.03 Å². The van der Waals surface area contributed by atoms with E-state index in [4.69, 9.17) is 4.74 Å². The molecule has 0 aromatic carbocycles. The molecule has 0 aliphatic carbocycles. The Morgan fingerprint density at radius 1 is 1.44 bits per heavy atom. The fraction of sp³-hybridized carbons (Fsp3) is 0.778. The van der Waals surface area contributed by atoms with Crippen molar-refractivity contribution in [3.05, 3.63) is 18.0 Å². The summed E-state index contributed by atoms with van der Waals surface area (Å²) in [5, 5.41) is 9.98. The zero-order chi connectivity index (χ0) is 17.6. The Balaban J connectivity index is 1.51. The van der Waals surface area contributed by atoms with Crippen LogP contribution in [0.4, 0.5) is 4.79 Å². The molecule has 2 atom stereocenters. The van der Waals surface area contributed by atoms with Gasteiger partial charge in [0.1, 0.15) is 0 Å². The van der Waals surface area contributed by atoms with Crippen molar-refractivity contribution in [3.8, 4) is 0 Å². The van der Waals surface area contributed by atoms with E-state index < -0.39 is 0 Å². The third-order valence-corrected chi connectivity index (χ3v) is 5.00. The number of rotatable bonds is 5. The van der Waals surface area contributed by atoms with Gasteiger partial charge in [0, 0.05) is 44.5 Å². The monoisotopic (exact) mass is 349 g/mol. The summed E-state index contributed by atoms with van der Waals surface area (Å²) in [5.41, 5.74) is 1.09. The van der Waals surface area contributed by atoms with Crippen LogP contribution in [0.2, 0.25) is 0 Å². The van der Waals surface area contributed by atoms with Crippen LogP contribution in [-0.4, -0.2) is 71.5 Å². The van der Waals surface area contributed by atoms with Crippen molar-refractivity contribution in [1.82, 2.24) is 25.3 Å². The number of nitrogens with zero attached hydrogens (tertiary/aromatic N) is 3. The summed E-state index contributed by atoms with van der Waals surface area (Å²) in [6, 6.07) is 0.132. The number of carbonyl (C=O) groups is 1. The van der Waals surface area contributed by atoms with E-state index in [-0.39, 0.29) is 18.2 Å². The fourth-order valence-electron chi connectivity index (χ4n) is 3.85. The predicted octanol–water partition coefficient (Wildman–Crippen LogP) is 2.00. The van der Waals surface area contributed by atoms with E-state index in [0.29, 0.717) is 12.5 Å². The number of hydrogen-bond donors (Lipinski definition) is 2. The number of aromatic nitrogens is 2. The van der Waals surface area contributed by atoms with Crippen molar-refractivity contribution >= 4 is 6.03 Å². The molecule has 2 N–H and O–H groups in total. The molecule has 0 radical (unpaired) electrons. The first-order valence-electron chi connectivity index (χ1n) is 9.50. The number of nitrogens with one attached hydrogen (secondary N) is 2. The van der Waals surface area contributed by atoms with Crippen molar-refractivity contribution in [2.45, 2.75) is 45.3 Å². The molecule has 1 aromatic rings. The number of aromatic amines is 1. The molecular formula is C18H31N5O2. The highest BCUT2D eigenvalue weighted by Crippen LogP contribution is 2.30. The molecule has 0 unspecified atom stereocenters. The minimum atomic E-state index is 0.00971. The number of morpholine rings is 1. The maximum Gasteiger partial charge on any atom is 0.318 e. The average molecular weight is 349 g/mol. The summed E-state index contributed by atoms with van der Waals surface area (Å²) in [5.74, 6) is 0.650. The Kier molecular flexibility index (Phi) is 6.31. The van der Waals surface area contributed by atoms with Crippen molar-refractivity contribution in [3.63, 3.8) is 0 Å². The van der Waals surface area contributed by atoms with Crippen LogP contribution in [0.3, 0.4) is 0 Å². The Hall–Kier alpha value is -1.60. The molecule has 2 aliphatic rings. The Bertz CT molecular complexity index is 534. The molecule has 7 heteroatoms. The first-order valence-corrected chi connectivity index (χ1v) is 9.50. The standard InChI is InChI=1S/C18H31N5O2/c1-14(2)12-22-7-8-25-16(13-22)11-19-18(24)23-6-4-3-5-17(23)15-9-20-21-10-15/h9-10,14,16-17H,3-8,11-13H2,1-2H3,(H,19,24)(H,20,21)/t16-,17+/m0/s1. The van der Waals surface area contributed by atoms with E-state index in [2.05, 4.69) is 34.3 Å². The normalized spacial score (nSPS) is 25.3. The number of hydrogen-bond acceptors (Lipinski definition) is 4. The molecule has 7 nitrogen and oxygen atoms in total. The first kappa shape index (κ1) is 18.2. The number of amides is 2. The minimum Gasteiger partial charge on any atom is -0.374 e. The maximum absolute atomic E-state index is 12.7. The molecule has 25 heavy (non-hydrogen) atoms. The van der Waals surface area contributed by atoms with E-state index in [0.717, 1.165) is 57.6 Å². The molecule has 2 fully saturated rings. The lowest BCUT2D eigenvalue weighted by molar-refractivity contribution is -0.0296. The lowest BCUT2D eigenvalue weighted by Crippen LogP contribution is -2.51. The van der Waals surface area contributed by atoms with Gasteiger partial charge in [-0.25, -0.2) is 4.79 Å². The van der Waals surface area contributed by atoms with Crippen molar-refractivity contribution in [2.24, 2.45) is 5.92 Å². The lowest BCUT2D eigenvalue weighted by Gasteiger charge is -2.37. The zero-order valence-corrected chi connectivity index (χ0v) is 15.4. The van der Waals surface area contributed by atoms with Gasteiger partial charge in [0.2, 0.25) is 0 Å². The number of carbonyl (C=O) groups excluding carboxylic acids is 1. The number of likely N-dealkylation sites (tertiary alicyclic amines) is 1. The number of piperidine rings is 1. The molecule has 0 saturated carbocycles. The van der Waals surface area contributed by atoms with Crippen molar-refractivity contribution in [2.75, 3.05) is 39.3 Å². The Morgan fingerprint density at radius 3 is 3.08 bits per heavy atom. The number of urea groups is 1. The molecule has 3 rings (SSSR count).